The molecule has 0 N–H and O–H groups in total. The average Bonchev–Trinajstić information content (AvgIpc) is 3.38. The van der Waals surface area contributed by atoms with E-state index in [1.165, 1.54) is 5.56 Å². The van der Waals surface area contributed by atoms with Crippen LogP contribution < -0.4 is 9.64 Å². The summed E-state index contributed by atoms with van der Waals surface area (Å²) in [5.41, 5.74) is 3.86. The summed E-state index contributed by atoms with van der Waals surface area (Å²) in [5.74, 6) is 0.664. The molecule has 4 rings (SSSR count). The third-order valence-corrected chi connectivity index (χ3v) is 5.90. The van der Waals surface area contributed by atoms with Crippen LogP contribution in [0.15, 0.2) is 54.9 Å². The van der Waals surface area contributed by atoms with Crippen LogP contribution in [0.25, 0.3) is 10.2 Å². The maximum absolute atomic E-state index is 13.5. The quantitative estimate of drug-likeness (QED) is 0.399. The summed E-state index contributed by atoms with van der Waals surface area (Å²) in [5, 5.41) is 4.96. The van der Waals surface area contributed by atoms with Crippen LogP contribution in [0, 0.1) is 13.8 Å². The van der Waals surface area contributed by atoms with Crippen molar-refractivity contribution in [3.05, 3.63) is 71.5 Å². The molecule has 0 aliphatic carbocycles. The molecule has 0 bridgehead atoms. The largest absolute Gasteiger partial charge is 0.491 e. The topological polar surface area (TPSA) is 60.2 Å². The van der Waals surface area contributed by atoms with Gasteiger partial charge < -0.3 is 4.74 Å². The van der Waals surface area contributed by atoms with Crippen molar-refractivity contribution in [1.29, 1.82) is 0 Å². The van der Waals surface area contributed by atoms with Gasteiger partial charge in [0.25, 0.3) is 5.91 Å². The molecule has 2 aromatic carbocycles. The Morgan fingerprint density at radius 1 is 1.19 bits per heavy atom. The molecular weight excluding hydrogens is 408 g/mol. The Morgan fingerprint density at radius 2 is 1.97 bits per heavy atom. The molecule has 0 aliphatic heterocycles. The lowest BCUT2D eigenvalue weighted by molar-refractivity contribution is 0.0985. The average molecular weight is 435 g/mol. The first-order valence-electron chi connectivity index (χ1n) is 10.3. The van der Waals surface area contributed by atoms with Crippen molar-refractivity contribution in [2.45, 2.75) is 40.3 Å². The van der Waals surface area contributed by atoms with E-state index in [2.05, 4.69) is 31.1 Å². The molecule has 7 heteroatoms. The summed E-state index contributed by atoms with van der Waals surface area (Å²) in [6.07, 6.45) is 3.72. The summed E-state index contributed by atoms with van der Waals surface area (Å²) >= 11 is 1.55. The van der Waals surface area contributed by atoms with Gasteiger partial charge in [-0.05, 0) is 75.2 Å². The van der Waals surface area contributed by atoms with Crippen molar-refractivity contribution in [3.63, 3.8) is 0 Å². The lowest BCUT2D eigenvalue weighted by atomic mass is 10.1. The van der Waals surface area contributed by atoms with Gasteiger partial charge in [-0.25, -0.2) is 4.98 Å². The minimum Gasteiger partial charge on any atom is -0.491 e. The number of aromatic nitrogens is 3. The highest BCUT2D eigenvalue weighted by atomic mass is 32.1. The zero-order chi connectivity index (χ0) is 22.0. The van der Waals surface area contributed by atoms with E-state index in [1.807, 2.05) is 55.1 Å². The number of rotatable bonds is 7. The molecule has 0 unspecified atom stereocenters. The zero-order valence-electron chi connectivity index (χ0n) is 18.2. The lowest BCUT2D eigenvalue weighted by Crippen LogP contribution is -2.34. The standard InChI is InChI=1S/C24H26N4O2S/c1-16(2)30-20-8-6-19(7-9-20)23(29)28(13-12-27-11-5-10-25-27)24-26-22-18(4)14-17(3)15-21(22)31-24/h5-11,14-16H,12-13H2,1-4H3. The third-order valence-electron chi connectivity index (χ3n) is 4.88. The third kappa shape index (κ3) is 4.77. The second kappa shape index (κ2) is 8.89. The van der Waals surface area contributed by atoms with Crippen molar-refractivity contribution >= 4 is 32.6 Å². The molecule has 0 fully saturated rings. The first-order valence-corrected chi connectivity index (χ1v) is 11.2. The molecule has 4 aromatic rings. The normalized spacial score (nSPS) is 11.3. The summed E-state index contributed by atoms with van der Waals surface area (Å²) in [6, 6.07) is 13.4. The molecule has 31 heavy (non-hydrogen) atoms. The van der Waals surface area contributed by atoms with Crippen LogP contribution in [0.3, 0.4) is 0 Å². The van der Waals surface area contributed by atoms with Crippen LogP contribution in [0.4, 0.5) is 5.13 Å². The highest BCUT2D eigenvalue weighted by molar-refractivity contribution is 7.22. The Bertz CT molecular complexity index is 1180. The summed E-state index contributed by atoms with van der Waals surface area (Å²) in [4.78, 5) is 20.1. The lowest BCUT2D eigenvalue weighted by Gasteiger charge is -2.20. The number of anilines is 1. The van der Waals surface area contributed by atoms with E-state index < -0.39 is 0 Å². The van der Waals surface area contributed by atoms with Crippen LogP contribution in [-0.4, -0.2) is 33.3 Å². The van der Waals surface area contributed by atoms with Crippen molar-refractivity contribution in [2.75, 3.05) is 11.4 Å². The van der Waals surface area contributed by atoms with Crippen molar-refractivity contribution in [2.24, 2.45) is 0 Å². The zero-order valence-corrected chi connectivity index (χ0v) is 19.0. The number of aryl methyl sites for hydroxylation is 2. The van der Waals surface area contributed by atoms with Gasteiger partial charge in [-0.3, -0.25) is 14.4 Å². The molecule has 2 heterocycles. The van der Waals surface area contributed by atoms with E-state index in [0.717, 1.165) is 21.5 Å². The number of carbonyl (C=O) groups excluding carboxylic acids is 1. The van der Waals surface area contributed by atoms with Crippen molar-refractivity contribution in [1.82, 2.24) is 14.8 Å². The van der Waals surface area contributed by atoms with E-state index in [0.29, 0.717) is 23.8 Å². The molecule has 160 valence electrons. The minimum atomic E-state index is -0.0864. The number of nitrogens with zero attached hydrogens (tertiary/aromatic N) is 4. The predicted octanol–water partition coefficient (Wildman–Crippen LogP) is 5.24. The van der Waals surface area contributed by atoms with Crippen molar-refractivity contribution in [3.8, 4) is 5.75 Å². The van der Waals surface area contributed by atoms with Gasteiger partial charge in [0.2, 0.25) is 0 Å². The molecule has 6 nitrogen and oxygen atoms in total. The van der Waals surface area contributed by atoms with Gasteiger partial charge in [-0.15, -0.1) is 0 Å². The fraction of sp³-hybridized carbons (Fsp3) is 0.292. The summed E-state index contributed by atoms with van der Waals surface area (Å²) in [7, 11) is 0. The second-order valence-electron chi connectivity index (χ2n) is 7.84. The van der Waals surface area contributed by atoms with Gasteiger partial charge in [0.1, 0.15) is 5.75 Å². The smallest absolute Gasteiger partial charge is 0.260 e. The van der Waals surface area contributed by atoms with E-state index in [1.54, 1.807) is 22.4 Å². The van der Waals surface area contributed by atoms with Crippen LogP contribution >= 0.6 is 11.3 Å². The molecular formula is C24H26N4O2S. The van der Waals surface area contributed by atoms with Crippen LogP contribution in [0.1, 0.15) is 35.3 Å². The molecule has 0 atom stereocenters. The minimum absolute atomic E-state index is 0.0848. The molecule has 0 aliphatic rings. The van der Waals surface area contributed by atoms with Gasteiger partial charge in [-0.1, -0.05) is 17.4 Å². The van der Waals surface area contributed by atoms with Gasteiger partial charge in [0.05, 0.1) is 22.9 Å². The number of benzene rings is 2. The molecule has 2 aromatic heterocycles. The number of ether oxygens (including phenoxy) is 1. The summed E-state index contributed by atoms with van der Waals surface area (Å²) in [6.45, 7) is 9.15. The van der Waals surface area contributed by atoms with Crippen LogP contribution in [0.2, 0.25) is 0 Å². The molecule has 0 saturated heterocycles. The number of carbonyl (C=O) groups is 1. The fourth-order valence-electron chi connectivity index (χ4n) is 3.50. The molecule has 1 amide bonds. The maximum atomic E-state index is 13.5. The predicted molar refractivity (Wildman–Crippen MR) is 125 cm³/mol. The first kappa shape index (κ1) is 21.1. The Balaban J connectivity index is 1.66. The van der Waals surface area contributed by atoms with E-state index >= 15 is 0 Å². The van der Waals surface area contributed by atoms with Crippen LogP contribution in [0.5, 0.6) is 5.75 Å². The first-order chi connectivity index (χ1) is 14.9. The highest BCUT2D eigenvalue weighted by Gasteiger charge is 2.22. The fourth-order valence-corrected chi connectivity index (χ4v) is 4.66. The SMILES string of the molecule is Cc1cc(C)c2nc(N(CCn3cccn3)C(=O)c3ccc(OC(C)C)cc3)sc2c1. The van der Waals surface area contributed by atoms with Gasteiger partial charge in [0.15, 0.2) is 5.13 Å². The Kier molecular flexibility index (Phi) is 6.04. The van der Waals surface area contributed by atoms with Crippen LogP contribution in [-0.2, 0) is 6.54 Å². The molecule has 0 saturated carbocycles. The Morgan fingerprint density at radius 3 is 2.65 bits per heavy atom. The highest BCUT2D eigenvalue weighted by Crippen LogP contribution is 2.32. The van der Waals surface area contributed by atoms with Gasteiger partial charge >= 0.3 is 0 Å². The van der Waals surface area contributed by atoms with Crippen molar-refractivity contribution < 1.29 is 9.53 Å². The molecule has 0 radical (unpaired) electrons. The van der Waals surface area contributed by atoms with Gasteiger partial charge in [-0.2, -0.15) is 5.10 Å². The summed E-state index contributed by atoms with van der Waals surface area (Å²) < 4.78 is 8.62. The van der Waals surface area contributed by atoms with E-state index in [9.17, 15) is 4.79 Å². The van der Waals surface area contributed by atoms with Gasteiger partial charge in [0, 0.05) is 24.5 Å². The number of thiazole rings is 1. The number of fused-ring (bicyclic) bond motifs is 1. The Hall–Kier alpha value is -3.19. The second-order valence-corrected chi connectivity index (χ2v) is 8.85. The number of amides is 1. The number of hydrogen-bond acceptors (Lipinski definition) is 5. The Labute approximate surface area is 186 Å². The monoisotopic (exact) mass is 434 g/mol. The maximum Gasteiger partial charge on any atom is 0.260 e. The number of hydrogen-bond donors (Lipinski definition) is 0. The van der Waals surface area contributed by atoms with E-state index in [4.69, 9.17) is 9.72 Å². The molecule has 0 spiro atoms. The van der Waals surface area contributed by atoms with E-state index in [-0.39, 0.29) is 12.0 Å².